The first kappa shape index (κ1) is 137. The summed E-state index contributed by atoms with van der Waals surface area (Å²) in [7, 11) is 0. The van der Waals surface area contributed by atoms with E-state index in [1.54, 1.807) is 0 Å². The molecule has 0 heterocycles. The van der Waals surface area contributed by atoms with Crippen molar-refractivity contribution in [2.24, 2.45) is 0 Å². The Hall–Kier alpha value is 7.58. The van der Waals surface area contributed by atoms with Crippen molar-refractivity contribution in [2.45, 2.75) is 0 Å². The third kappa shape index (κ3) is 105. The van der Waals surface area contributed by atoms with Crippen LogP contribution in [-0.2, 0) is 241 Å². The van der Waals surface area contributed by atoms with Crippen molar-refractivity contribution < 1.29 is 241 Å². The number of hydrogen-bond donors (Lipinski definition) is 0. The van der Waals surface area contributed by atoms with Crippen LogP contribution in [0.25, 0.3) is 0 Å². The molecule has 71 valence electrons. The molecular formula is Cu5Zn8. The molecule has 0 fully saturated rings. The van der Waals surface area contributed by atoms with Crippen molar-refractivity contribution in [1.82, 2.24) is 0 Å². The van der Waals surface area contributed by atoms with E-state index in [1.165, 1.54) is 0 Å². The molecular weight excluding hydrogens is 841 g/mol. The molecule has 0 unspecified atom stereocenters. The normalized spacial score (nSPS) is 0. The maximum Gasteiger partial charge on any atom is 0 e. The fourth-order valence-electron chi connectivity index (χ4n) is 0. The van der Waals surface area contributed by atoms with Crippen molar-refractivity contribution in [2.75, 3.05) is 0 Å². The van der Waals surface area contributed by atoms with Gasteiger partial charge in [-0.15, -0.1) is 0 Å². The van der Waals surface area contributed by atoms with Crippen LogP contribution in [-0.4, -0.2) is 0 Å². The maximum absolute atomic E-state index is 0. The molecule has 13 heteroatoms. The van der Waals surface area contributed by atoms with E-state index in [9.17, 15) is 0 Å². The zero-order chi connectivity index (χ0) is 0. The van der Waals surface area contributed by atoms with Gasteiger partial charge in [-0.25, -0.2) is 0 Å². The van der Waals surface area contributed by atoms with Crippen molar-refractivity contribution >= 4 is 0 Å². The quantitative estimate of drug-likeness (QED) is 0.301. The summed E-state index contributed by atoms with van der Waals surface area (Å²) in [5, 5.41) is 0. The van der Waals surface area contributed by atoms with Gasteiger partial charge in [-0.2, -0.15) is 0 Å². The van der Waals surface area contributed by atoms with Crippen LogP contribution in [0.4, 0.5) is 0 Å². The van der Waals surface area contributed by atoms with Crippen molar-refractivity contribution in [3.8, 4) is 0 Å². The number of hydrogen-bond acceptors (Lipinski definition) is 0. The summed E-state index contributed by atoms with van der Waals surface area (Å²) in [6.45, 7) is 0. The van der Waals surface area contributed by atoms with Crippen LogP contribution in [0.5, 0.6) is 0 Å². The van der Waals surface area contributed by atoms with Crippen LogP contribution in [0.1, 0.15) is 0 Å². The third-order valence-corrected chi connectivity index (χ3v) is 0. The zero-order valence-corrected chi connectivity index (χ0v) is 35.6. The Balaban J connectivity index is 0. The fraction of sp³-hybridized carbons (Fsp3) is 0. The van der Waals surface area contributed by atoms with Gasteiger partial charge in [-0.1, -0.05) is 0 Å². The van der Waals surface area contributed by atoms with Gasteiger partial charge in [0.2, 0.25) is 0 Å². The van der Waals surface area contributed by atoms with E-state index in [1.807, 2.05) is 0 Å². The Morgan fingerprint density at radius 3 is 0.154 bits per heavy atom. The third-order valence-electron chi connectivity index (χ3n) is 0. The minimum atomic E-state index is 0. The molecule has 0 nitrogen and oxygen atoms in total. The topological polar surface area (TPSA) is 0 Å². The van der Waals surface area contributed by atoms with Crippen LogP contribution < -0.4 is 0 Å². The largest absolute Gasteiger partial charge is 0 e. The molecule has 0 rings (SSSR count). The molecule has 0 spiro atoms. The fourth-order valence-corrected chi connectivity index (χ4v) is 0. The molecule has 0 aliphatic heterocycles. The van der Waals surface area contributed by atoms with E-state index < -0.39 is 0 Å². The van der Waals surface area contributed by atoms with Crippen molar-refractivity contribution in [3.05, 3.63) is 0 Å². The average Bonchev–Trinajstić information content (AvgIpc) is 0. The standard InChI is InChI=1S/5Cu.8Zn. The Morgan fingerprint density at radius 2 is 0.154 bits per heavy atom. The SMILES string of the molecule is [Cu].[Cu].[Cu].[Cu].[Cu].[Zn].[Zn].[Zn].[Zn].[Zn].[Zn].[Zn].[Zn]. The molecule has 0 saturated heterocycles. The molecule has 0 aromatic heterocycles. The molecule has 5 radical (unpaired) electrons. The molecule has 0 bridgehead atoms. The molecule has 13 heavy (non-hydrogen) atoms. The van der Waals surface area contributed by atoms with Gasteiger partial charge in [0.25, 0.3) is 0 Å². The Bertz CT molecular complexity index is 12.5. The molecule has 0 N–H and O–H groups in total. The van der Waals surface area contributed by atoms with Gasteiger partial charge in [-0.05, 0) is 0 Å². The summed E-state index contributed by atoms with van der Waals surface area (Å²) < 4.78 is 0. The van der Waals surface area contributed by atoms with Gasteiger partial charge in [0, 0.05) is 241 Å². The molecule has 0 aliphatic rings. The minimum Gasteiger partial charge on any atom is 0 e. The Kier molecular flexibility index (Phi) is 1240. The van der Waals surface area contributed by atoms with E-state index in [0.29, 0.717) is 0 Å². The van der Waals surface area contributed by atoms with Crippen molar-refractivity contribution in [3.63, 3.8) is 0 Å². The Labute approximate surface area is 235 Å². The second-order valence-electron chi connectivity index (χ2n) is 0. The van der Waals surface area contributed by atoms with Crippen LogP contribution >= 0.6 is 0 Å². The summed E-state index contributed by atoms with van der Waals surface area (Å²) >= 11 is 0. The van der Waals surface area contributed by atoms with Crippen LogP contribution in [0.2, 0.25) is 0 Å². The van der Waals surface area contributed by atoms with Gasteiger partial charge in [0.05, 0.1) is 0 Å². The second kappa shape index (κ2) is 118. The average molecular weight is 841 g/mol. The predicted molar refractivity (Wildman–Crippen MR) is 0 cm³/mol. The van der Waals surface area contributed by atoms with Crippen LogP contribution in [0, 0.1) is 0 Å². The van der Waals surface area contributed by atoms with E-state index in [2.05, 4.69) is 0 Å². The van der Waals surface area contributed by atoms with E-state index in [4.69, 9.17) is 0 Å². The summed E-state index contributed by atoms with van der Waals surface area (Å²) in [6, 6.07) is 0. The van der Waals surface area contributed by atoms with Gasteiger partial charge in [0.1, 0.15) is 0 Å². The second-order valence-corrected chi connectivity index (χ2v) is 0. The summed E-state index contributed by atoms with van der Waals surface area (Å²) in [5.41, 5.74) is 0. The first-order valence-electron chi connectivity index (χ1n) is 0. The molecule has 0 aromatic carbocycles. The van der Waals surface area contributed by atoms with Crippen LogP contribution in [0.15, 0.2) is 0 Å². The molecule has 0 atom stereocenters. The first-order chi connectivity index (χ1) is 0. The van der Waals surface area contributed by atoms with Gasteiger partial charge < -0.3 is 0 Å². The molecule has 0 aliphatic carbocycles. The monoisotopic (exact) mass is 826 g/mol. The minimum absolute atomic E-state index is 0. The van der Waals surface area contributed by atoms with Gasteiger partial charge in [0.15, 0.2) is 0 Å². The summed E-state index contributed by atoms with van der Waals surface area (Å²) in [4.78, 5) is 0. The smallest absolute Gasteiger partial charge is 0 e. The zero-order valence-electron chi connectivity index (χ0n) is 7.16. The summed E-state index contributed by atoms with van der Waals surface area (Å²) in [6.07, 6.45) is 0. The van der Waals surface area contributed by atoms with E-state index in [0.717, 1.165) is 0 Å². The summed E-state index contributed by atoms with van der Waals surface area (Å²) in [5.74, 6) is 0. The predicted octanol–water partition coefficient (Wildman–Crippen LogP) is -0.0325. The molecule has 0 aromatic rings. The first-order valence-corrected chi connectivity index (χ1v) is 0. The molecule has 0 amide bonds. The molecule has 0 saturated carbocycles. The van der Waals surface area contributed by atoms with E-state index in [-0.39, 0.29) is 241 Å². The van der Waals surface area contributed by atoms with Crippen molar-refractivity contribution in [1.29, 1.82) is 0 Å². The van der Waals surface area contributed by atoms with E-state index >= 15 is 0 Å². The van der Waals surface area contributed by atoms with Gasteiger partial charge >= 0.3 is 0 Å². The van der Waals surface area contributed by atoms with Gasteiger partial charge in [-0.3, -0.25) is 0 Å². The van der Waals surface area contributed by atoms with Crippen LogP contribution in [0.3, 0.4) is 0 Å². The number of rotatable bonds is 0. The maximum atomic E-state index is 0. The Morgan fingerprint density at radius 1 is 0.154 bits per heavy atom.